The van der Waals surface area contributed by atoms with E-state index in [4.69, 9.17) is 0 Å². The monoisotopic (exact) mass is 386 g/mol. The van der Waals surface area contributed by atoms with E-state index in [1.165, 1.54) is 16.0 Å². The molecule has 1 aromatic carbocycles. The number of likely N-dealkylation sites (tertiary alicyclic amines) is 1. The van der Waals surface area contributed by atoms with Gasteiger partial charge in [-0.3, -0.25) is 19.3 Å². The fraction of sp³-hybridized carbons (Fsp3) is 0.476. The predicted molar refractivity (Wildman–Crippen MR) is 107 cm³/mol. The van der Waals surface area contributed by atoms with Crippen molar-refractivity contribution in [3.05, 3.63) is 47.5 Å². The Morgan fingerprint density at radius 3 is 2.37 bits per heavy atom. The lowest BCUT2D eigenvalue weighted by atomic mass is 9.85. The zero-order valence-electron chi connectivity index (χ0n) is 15.6. The molecule has 1 N–H and O–H groups in total. The Balaban J connectivity index is 1.32. The normalized spacial score (nSPS) is 21.4. The molecular formula is C21H26N2O3S. The summed E-state index contributed by atoms with van der Waals surface area (Å²) < 4.78 is 0. The molecule has 1 heterocycles. The number of carbonyl (C=O) groups is 3. The molecule has 0 unspecified atom stereocenters. The van der Waals surface area contributed by atoms with Gasteiger partial charge in [0.2, 0.25) is 17.7 Å². The molecule has 0 bridgehead atoms. The van der Waals surface area contributed by atoms with E-state index in [2.05, 4.69) is 36.5 Å². The third kappa shape index (κ3) is 5.01. The summed E-state index contributed by atoms with van der Waals surface area (Å²) >= 11 is 1.77. The SMILES string of the molecule is Cc1ccc(CSCCNC(=O)CCN2C(=O)[C@H]3CC=CC[C@H]3C2=O)cc1. The number of nitrogens with one attached hydrogen (secondary N) is 1. The summed E-state index contributed by atoms with van der Waals surface area (Å²) in [5, 5.41) is 2.87. The molecule has 1 fully saturated rings. The van der Waals surface area contributed by atoms with Gasteiger partial charge in [0.25, 0.3) is 0 Å². The van der Waals surface area contributed by atoms with Crippen molar-refractivity contribution in [1.29, 1.82) is 0 Å². The minimum Gasteiger partial charge on any atom is -0.355 e. The quantitative estimate of drug-likeness (QED) is 0.424. The highest BCUT2D eigenvalue weighted by molar-refractivity contribution is 7.98. The maximum absolute atomic E-state index is 12.4. The van der Waals surface area contributed by atoms with E-state index in [0.717, 1.165) is 11.5 Å². The number of nitrogens with zero attached hydrogens (tertiary/aromatic N) is 1. The average Bonchev–Trinajstić information content (AvgIpc) is 2.92. The Kier molecular flexibility index (Phi) is 6.72. The van der Waals surface area contributed by atoms with Gasteiger partial charge in [-0.25, -0.2) is 0 Å². The van der Waals surface area contributed by atoms with Crippen molar-refractivity contribution in [2.24, 2.45) is 11.8 Å². The highest BCUT2D eigenvalue weighted by Crippen LogP contribution is 2.34. The molecule has 1 aliphatic carbocycles. The Morgan fingerprint density at radius 2 is 1.74 bits per heavy atom. The number of hydrogen-bond acceptors (Lipinski definition) is 4. The van der Waals surface area contributed by atoms with Crippen molar-refractivity contribution < 1.29 is 14.4 Å². The highest BCUT2D eigenvalue weighted by atomic mass is 32.2. The third-order valence-corrected chi connectivity index (χ3v) is 6.15. The largest absolute Gasteiger partial charge is 0.355 e. The zero-order chi connectivity index (χ0) is 19.2. The van der Waals surface area contributed by atoms with Gasteiger partial charge in [0.15, 0.2) is 0 Å². The molecule has 0 aromatic heterocycles. The second-order valence-electron chi connectivity index (χ2n) is 7.12. The van der Waals surface area contributed by atoms with Gasteiger partial charge in [0.1, 0.15) is 0 Å². The molecule has 6 heteroatoms. The molecule has 1 aliphatic heterocycles. The molecule has 3 amide bonds. The van der Waals surface area contributed by atoms with Crippen molar-refractivity contribution in [3.8, 4) is 0 Å². The Bertz CT molecular complexity index is 703. The summed E-state index contributed by atoms with van der Waals surface area (Å²) in [6.45, 7) is 2.85. The van der Waals surface area contributed by atoms with Crippen LogP contribution in [0.15, 0.2) is 36.4 Å². The number of rotatable bonds is 8. The van der Waals surface area contributed by atoms with Gasteiger partial charge in [0.05, 0.1) is 11.8 Å². The summed E-state index contributed by atoms with van der Waals surface area (Å²) in [5.74, 6) is 0.972. The molecule has 1 saturated heterocycles. The summed E-state index contributed by atoms with van der Waals surface area (Å²) in [4.78, 5) is 38.0. The molecule has 2 atom stereocenters. The lowest BCUT2D eigenvalue weighted by Crippen LogP contribution is -2.36. The van der Waals surface area contributed by atoms with Crippen molar-refractivity contribution in [3.63, 3.8) is 0 Å². The van der Waals surface area contributed by atoms with E-state index < -0.39 is 0 Å². The number of thioether (sulfide) groups is 1. The molecule has 0 radical (unpaired) electrons. The minimum atomic E-state index is -0.219. The molecule has 3 rings (SSSR count). The lowest BCUT2D eigenvalue weighted by molar-refractivity contribution is -0.140. The zero-order valence-corrected chi connectivity index (χ0v) is 16.5. The number of aryl methyl sites for hydroxylation is 1. The van der Waals surface area contributed by atoms with Crippen LogP contribution in [0.25, 0.3) is 0 Å². The molecular weight excluding hydrogens is 360 g/mol. The Labute approximate surface area is 164 Å². The van der Waals surface area contributed by atoms with Crippen LogP contribution in [0.4, 0.5) is 0 Å². The van der Waals surface area contributed by atoms with Crippen LogP contribution in [-0.4, -0.2) is 41.5 Å². The van der Waals surface area contributed by atoms with Crippen LogP contribution in [0.2, 0.25) is 0 Å². The van der Waals surface area contributed by atoms with Crippen molar-refractivity contribution in [1.82, 2.24) is 10.2 Å². The number of amides is 3. The third-order valence-electron chi connectivity index (χ3n) is 5.12. The van der Waals surface area contributed by atoms with Gasteiger partial charge < -0.3 is 5.32 Å². The number of benzene rings is 1. The van der Waals surface area contributed by atoms with E-state index in [0.29, 0.717) is 19.4 Å². The van der Waals surface area contributed by atoms with Gasteiger partial charge in [-0.15, -0.1) is 0 Å². The number of fused-ring (bicyclic) bond motifs is 1. The first-order valence-corrected chi connectivity index (χ1v) is 10.6. The summed E-state index contributed by atoms with van der Waals surface area (Å²) in [5.41, 5.74) is 2.53. The summed E-state index contributed by atoms with van der Waals surface area (Å²) in [6.07, 6.45) is 5.38. The summed E-state index contributed by atoms with van der Waals surface area (Å²) in [7, 11) is 0. The smallest absolute Gasteiger partial charge is 0.233 e. The van der Waals surface area contributed by atoms with Gasteiger partial charge in [-0.1, -0.05) is 42.0 Å². The van der Waals surface area contributed by atoms with Crippen LogP contribution in [0.3, 0.4) is 0 Å². The van der Waals surface area contributed by atoms with Crippen LogP contribution < -0.4 is 5.32 Å². The van der Waals surface area contributed by atoms with Crippen LogP contribution in [0.5, 0.6) is 0 Å². The number of hydrogen-bond donors (Lipinski definition) is 1. The standard InChI is InChI=1S/C21H26N2O3S/c1-15-6-8-16(9-7-15)14-27-13-11-22-19(24)10-12-23-20(25)17-4-2-3-5-18(17)21(23)26/h2-3,6-9,17-18H,4-5,10-14H2,1H3,(H,22,24)/t17-,18+. The van der Waals surface area contributed by atoms with E-state index in [-0.39, 0.29) is 42.5 Å². The number of allylic oxidation sites excluding steroid dienone is 2. The molecule has 0 saturated carbocycles. The van der Waals surface area contributed by atoms with Crippen molar-refractivity contribution in [2.75, 3.05) is 18.8 Å². The highest BCUT2D eigenvalue weighted by Gasteiger charge is 2.46. The molecule has 2 aliphatic rings. The van der Waals surface area contributed by atoms with E-state index in [1.54, 1.807) is 11.8 Å². The first-order chi connectivity index (χ1) is 13.1. The van der Waals surface area contributed by atoms with Crippen molar-refractivity contribution >= 4 is 29.5 Å². The van der Waals surface area contributed by atoms with Gasteiger partial charge in [0, 0.05) is 31.0 Å². The molecule has 27 heavy (non-hydrogen) atoms. The molecule has 144 valence electrons. The first-order valence-electron chi connectivity index (χ1n) is 9.46. The molecule has 0 spiro atoms. The Morgan fingerprint density at radius 1 is 1.11 bits per heavy atom. The average molecular weight is 387 g/mol. The second kappa shape index (κ2) is 9.22. The maximum Gasteiger partial charge on any atom is 0.233 e. The lowest BCUT2D eigenvalue weighted by Gasteiger charge is -2.14. The van der Waals surface area contributed by atoms with Crippen LogP contribution in [-0.2, 0) is 20.1 Å². The first kappa shape index (κ1) is 19.7. The molecule has 5 nitrogen and oxygen atoms in total. The fourth-order valence-electron chi connectivity index (χ4n) is 3.53. The van der Waals surface area contributed by atoms with Gasteiger partial charge >= 0.3 is 0 Å². The minimum absolute atomic E-state index is 0.112. The van der Waals surface area contributed by atoms with Gasteiger partial charge in [-0.2, -0.15) is 11.8 Å². The predicted octanol–water partition coefficient (Wildman–Crippen LogP) is 2.69. The maximum atomic E-state index is 12.4. The van der Waals surface area contributed by atoms with Gasteiger partial charge in [-0.05, 0) is 25.3 Å². The van der Waals surface area contributed by atoms with E-state index >= 15 is 0 Å². The van der Waals surface area contributed by atoms with Crippen molar-refractivity contribution in [2.45, 2.75) is 31.9 Å². The second-order valence-corrected chi connectivity index (χ2v) is 8.23. The van der Waals surface area contributed by atoms with E-state index in [1.807, 2.05) is 12.2 Å². The van der Waals surface area contributed by atoms with Crippen LogP contribution in [0, 0.1) is 18.8 Å². The summed E-state index contributed by atoms with van der Waals surface area (Å²) in [6, 6.07) is 8.45. The fourth-order valence-corrected chi connectivity index (χ4v) is 4.35. The Hall–Kier alpha value is -2.08. The topological polar surface area (TPSA) is 66.5 Å². The van der Waals surface area contributed by atoms with E-state index in [9.17, 15) is 14.4 Å². The molecule has 1 aromatic rings. The van der Waals surface area contributed by atoms with Crippen LogP contribution >= 0.6 is 11.8 Å². The van der Waals surface area contributed by atoms with Crippen LogP contribution in [0.1, 0.15) is 30.4 Å². The number of carbonyl (C=O) groups excluding carboxylic acids is 3. The number of imide groups is 1.